The minimum absolute atomic E-state index is 0.0774. The van der Waals surface area contributed by atoms with E-state index in [4.69, 9.17) is 29.0 Å². The lowest BCUT2D eigenvalue weighted by Crippen LogP contribution is -2.38. The molecule has 0 saturated heterocycles. The van der Waals surface area contributed by atoms with Crippen LogP contribution in [0.4, 0.5) is 0 Å². The number of hydrazine groups is 1. The maximum atomic E-state index is 6.16. The fraction of sp³-hybridized carbons (Fsp3) is 0.214. The monoisotopic (exact) mass is 295 g/mol. The molecule has 0 saturated carbocycles. The third-order valence-corrected chi connectivity index (χ3v) is 3.49. The molecule has 0 bridgehead atoms. The van der Waals surface area contributed by atoms with Crippen LogP contribution in [0.3, 0.4) is 0 Å². The Labute approximate surface area is 122 Å². The van der Waals surface area contributed by atoms with Gasteiger partial charge in [-0.2, -0.15) is 0 Å². The number of hydrogen-bond acceptors (Lipinski definition) is 3. The molecule has 0 fully saturated rings. The average Bonchev–Trinajstić information content (AvgIpc) is 2.42. The van der Waals surface area contributed by atoms with Gasteiger partial charge in [-0.1, -0.05) is 35.3 Å². The van der Waals surface area contributed by atoms with E-state index in [1.165, 1.54) is 0 Å². The summed E-state index contributed by atoms with van der Waals surface area (Å²) in [5.41, 5.74) is 4.82. The van der Waals surface area contributed by atoms with Gasteiger partial charge < -0.3 is 0 Å². The van der Waals surface area contributed by atoms with E-state index in [1.807, 2.05) is 30.3 Å². The lowest BCUT2D eigenvalue weighted by Gasteiger charge is -2.16. The molecule has 19 heavy (non-hydrogen) atoms. The predicted octanol–water partition coefficient (Wildman–Crippen LogP) is 3.01. The number of nitrogens with one attached hydrogen (secondary N) is 1. The van der Waals surface area contributed by atoms with Crippen LogP contribution in [0.2, 0.25) is 10.0 Å². The Hall–Kier alpha value is -1.13. The van der Waals surface area contributed by atoms with Gasteiger partial charge in [0.25, 0.3) is 0 Å². The quantitative estimate of drug-likeness (QED) is 0.658. The number of halogens is 2. The van der Waals surface area contributed by atoms with Crippen LogP contribution in [-0.2, 0) is 12.8 Å². The number of nitrogens with two attached hydrogens (primary N) is 1. The third kappa shape index (κ3) is 4.18. The van der Waals surface area contributed by atoms with E-state index in [-0.39, 0.29) is 6.04 Å². The van der Waals surface area contributed by atoms with Gasteiger partial charge >= 0.3 is 0 Å². The second kappa shape index (κ2) is 6.87. The van der Waals surface area contributed by atoms with Gasteiger partial charge in [0.2, 0.25) is 0 Å². The minimum atomic E-state index is 0.0774. The van der Waals surface area contributed by atoms with E-state index in [0.717, 1.165) is 24.1 Å². The number of rotatable bonds is 5. The molecule has 0 spiro atoms. The van der Waals surface area contributed by atoms with Crippen molar-refractivity contribution in [1.29, 1.82) is 0 Å². The van der Waals surface area contributed by atoms with Gasteiger partial charge in [-0.3, -0.25) is 16.3 Å². The van der Waals surface area contributed by atoms with Crippen LogP contribution in [0.25, 0.3) is 0 Å². The van der Waals surface area contributed by atoms with E-state index in [2.05, 4.69) is 10.4 Å². The van der Waals surface area contributed by atoms with Crippen LogP contribution < -0.4 is 11.3 Å². The fourth-order valence-electron chi connectivity index (χ4n) is 1.91. The first-order valence-corrected chi connectivity index (χ1v) is 6.74. The van der Waals surface area contributed by atoms with Gasteiger partial charge in [0.15, 0.2) is 0 Å². The molecular weight excluding hydrogens is 281 g/mol. The molecule has 1 atom stereocenters. The van der Waals surface area contributed by atoms with Crippen molar-refractivity contribution < 1.29 is 0 Å². The van der Waals surface area contributed by atoms with E-state index < -0.39 is 0 Å². The fourth-order valence-corrected chi connectivity index (χ4v) is 2.40. The zero-order valence-electron chi connectivity index (χ0n) is 10.3. The standard InChI is InChI=1S/C14H15Cl2N3/c15-11-5-4-10(14(16)8-11)7-13(19-17)9-12-3-1-2-6-18-12/h1-6,8,13,19H,7,9,17H2. The number of benzene rings is 1. The average molecular weight is 296 g/mol. The summed E-state index contributed by atoms with van der Waals surface area (Å²) in [4.78, 5) is 4.30. The molecule has 0 aliphatic carbocycles. The Morgan fingerprint density at radius 3 is 2.63 bits per heavy atom. The smallest absolute Gasteiger partial charge is 0.0453 e. The maximum absolute atomic E-state index is 6.16. The van der Waals surface area contributed by atoms with Crippen molar-refractivity contribution in [3.05, 3.63) is 63.9 Å². The highest BCUT2D eigenvalue weighted by Crippen LogP contribution is 2.22. The molecule has 100 valence electrons. The summed E-state index contributed by atoms with van der Waals surface area (Å²) >= 11 is 12.0. The van der Waals surface area contributed by atoms with Gasteiger partial charge in [0, 0.05) is 34.4 Å². The first-order valence-electron chi connectivity index (χ1n) is 5.99. The molecule has 5 heteroatoms. The molecule has 0 aliphatic rings. The molecule has 3 nitrogen and oxygen atoms in total. The molecule has 1 unspecified atom stereocenters. The molecule has 2 rings (SSSR count). The summed E-state index contributed by atoms with van der Waals surface area (Å²) in [5.74, 6) is 5.60. The van der Waals surface area contributed by atoms with Crippen molar-refractivity contribution in [2.45, 2.75) is 18.9 Å². The van der Waals surface area contributed by atoms with Crippen molar-refractivity contribution in [2.24, 2.45) is 5.84 Å². The normalized spacial score (nSPS) is 12.4. The zero-order valence-corrected chi connectivity index (χ0v) is 11.8. The summed E-state index contributed by atoms with van der Waals surface area (Å²) in [5, 5.41) is 1.30. The highest BCUT2D eigenvalue weighted by Gasteiger charge is 2.12. The minimum Gasteiger partial charge on any atom is -0.271 e. The Kier molecular flexibility index (Phi) is 5.16. The summed E-state index contributed by atoms with van der Waals surface area (Å²) in [7, 11) is 0. The molecule has 1 heterocycles. The molecule has 0 aliphatic heterocycles. The lowest BCUT2D eigenvalue weighted by atomic mass is 10.0. The van der Waals surface area contributed by atoms with Gasteiger partial charge in [0.1, 0.15) is 0 Å². The van der Waals surface area contributed by atoms with Crippen molar-refractivity contribution in [3.63, 3.8) is 0 Å². The Morgan fingerprint density at radius 2 is 2.00 bits per heavy atom. The second-order valence-corrected chi connectivity index (χ2v) is 5.17. The molecule has 2 aromatic rings. The number of nitrogens with zero attached hydrogens (tertiary/aromatic N) is 1. The first-order chi connectivity index (χ1) is 9.19. The summed E-state index contributed by atoms with van der Waals surface area (Å²) in [6, 6.07) is 11.4. The largest absolute Gasteiger partial charge is 0.271 e. The van der Waals surface area contributed by atoms with Crippen LogP contribution in [0, 0.1) is 0 Å². The van der Waals surface area contributed by atoms with Crippen LogP contribution >= 0.6 is 23.2 Å². The van der Waals surface area contributed by atoms with Crippen LogP contribution in [-0.4, -0.2) is 11.0 Å². The van der Waals surface area contributed by atoms with E-state index in [0.29, 0.717) is 10.0 Å². The van der Waals surface area contributed by atoms with Gasteiger partial charge in [0.05, 0.1) is 0 Å². The van der Waals surface area contributed by atoms with Gasteiger partial charge in [-0.25, -0.2) is 0 Å². The molecular formula is C14H15Cl2N3. The summed E-state index contributed by atoms with van der Waals surface area (Å²) < 4.78 is 0. The van der Waals surface area contributed by atoms with Crippen LogP contribution in [0.1, 0.15) is 11.3 Å². The second-order valence-electron chi connectivity index (χ2n) is 4.33. The van der Waals surface area contributed by atoms with Crippen molar-refractivity contribution >= 4 is 23.2 Å². The third-order valence-electron chi connectivity index (χ3n) is 2.90. The van der Waals surface area contributed by atoms with Crippen LogP contribution in [0.15, 0.2) is 42.6 Å². The summed E-state index contributed by atoms with van der Waals surface area (Å²) in [6.45, 7) is 0. The molecule has 1 aromatic carbocycles. The molecule has 0 radical (unpaired) electrons. The van der Waals surface area contributed by atoms with E-state index in [9.17, 15) is 0 Å². The topological polar surface area (TPSA) is 50.9 Å². The SMILES string of the molecule is NNC(Cc1ccccn1)Cc1ccc(Cl)cc1Cl. The molecule has 3 N–H and O–H groups in total. The maximum Gasteiger partial charge on any atom is 0.0453 e. The number of pyridine rings is 1. The van der Waals surface area contributed by atoms with Gasteiger partial charge in [-0.05, 0) is 36.2 Å². The lowest BCUT2D eigenvalue weighted by molar-refractivity contribution is 0.517. The Balaban J connectivity index is 2.06. The first kappa shape index (κ1) is 14.3. The van der Waals surface area contributed by atoms with E-state index >= 15 is 0 Å². The predicted molar refractivity (Wildman–Crippen MR) is 79.2 cm³/mol. The van der Waals surface area contributed by atoms with Crippen molar-refractivity contribution in [3.8, 4) is 0 Å². The van der Waals surface area contributed by atoms with Crippen molar-refractivity contribution in [2.75, 3.05) is 0 Å². The van der Waals surface area contributed by atoms with Gasteiger partial charge in [-0.15, -0.1) is 0 Å². The Bertz CT molecular complexity index is 531. The zero-order chi connectivity index (χ0) is 13.7. The highest BCUT2D eigenvalue weighted by atomic mass is 35.5. The highest BCUT2D eigenvalue weighted by molar-refractivity contribution is 6.35. The molecule has 0 amide bonds. The molecule has 1 aromatic heterocycles. The number of hydrogen-bond donors (Lipinski definition) is 2. The Morgan fingerprint density at radius 1 is 1.16 bits per heavy atom. The van der Waals surface area contributed by atoms with Crippen molar-refractivity contribution in [1.82, 2.24) is 10.4 Å². The number of aromatic nitrogens is 1. The van der Waals surface area contributed by atoms with Crippen LogP contribution in [0.5, 0.6) is 0 Å². The van der Waals surface area contributed by atoms with E-state index in [1.54, 1.807) is 12.3 Å². The summed E-state index contributed by atoms with van der Waals surface area (Å²) in [6.07, 6.45) is 3.25.